The van der Waals surface area contributed by atoms with E-state index in [0.29, 0.717) is 0 Å². The molecule has 15 heavy (non-hydrogen) atoms. The number of carbonyl (C=O) groups is 1. The molecule has 1 aliphatic rings. The van der Waals surface area contributed by atoms with Gasteiger partial charge in [0, 0.05) is 7.11 Å². The van der Waals surface area contributed by atoms with Crippen LogP contribution in [0, 0.1) is 5.92 Å². The van der Waals surface area contributed by atoms with E-state index in [1.807, 2.05) is 0 Å². The Hall–Kier alpha value is -0.680. The molecular formula is C10H17FO4. The summed E-state index contributed by atoms with van der Waals surface area (Å²) in [5, 5.41) is 10.0. The largest absolute Gasteiger partial charge is 0.464 e. The Labute approximate surface area is 88.4 Å². The van der Waals surface area contributed by atoms with Crippen LogP contribution in [0.25, 0.3) is 0 Å². The maximum Gasteiger partial charge on any atom is 0.343 e. The number of rotatable bonds is 6. The van der Waals surface area contributed by atoms with Crippen LogP contribution in [-0.2, 0) is 14.3 Å². The van der Waals surface area contributed by atoms with Gasteiger partial charge in [0.15, 0.2) is 0 Å². The lowest BCUT2D eigenvalue weighted by molar-refractivity contribution is -0.168. The van der Waals surface area contributed by atoms with Crippen molar-refractivity contribution in [3.8, 4) is 0 Å². The molecule has 88 valence electrons. The molecule has 1 aliphatic carbocycles. The Balaban J connectivity index is 2.65. The summed E-state index contributed by atoms with van der Waals surface area (Å²) in [5.74, 6) is -1.21. The molecule has 1 N–H and O–H groups in total. The summed E-state index contributed by atoms with van der Waals surface area (Å²) >= 11 is 0. The second-order valence-electron chi connectivity index (χ2n) is 3.81. The maximum absolute atomic E-state index is 13.7. The van der Waals surface area contributed by atoms with Gasteiger partial charge in [-0.05, 0) is 25.7 Å². The van der Waals surface area contributed by atoms with E-state index in [4.69, 9.17) is 4.74 Å². The lowest BCUT2D eigenvalue weighted by Gasteiger charge is -2.29. The summed E-state index contributed by atoms with van der Waals surface area (Å²) in [7, 11) is 1.37. The summed E-state index contributed by atoms with van der Waals surface area (Å²) in [5.41, 5.74) is -1.72. The Morgan fingerprint density at radius 1 is 1.67 bits per heavy atom. The fourth-order valence-corrected chi connectivity index (χ4v) is 1.63. The number of alkyl halides is 1. The molecular weight excluding hydrogens is 203 g/mol. The normalized spacial score (nSPS) is 21.9. The van der Waals surface area contributed by atoms with Crippen LogP contribution in [0.3, 0.4) is 0 Å². The van der Waals surface area contributed by atoms with Gasteiger partial charge in [-0.15, -0.1) is 0 Å². The Kier molecular flexibility index (Phi) is 4.04. The highest BCUT2D eigenvalue weighted by Crippen LogP contribution is 2.42. The van der Waals surface area contributed by atoms with Crippen molar-refractivity contribution < 1.29 is 23.8 Å². The lowest BCUT2D eigenvalue weighted by atomic mass is 9.93. The van der Waals surface area contributed by atoms with E-state index in [1.54, 1.807) is 6.92 Å². The van der Waals surface area contributed by atoms with Gasteiger partial charge in [0.25, 0.3) is 0 Å². The predicted molar refractivity (Wildman–Crippen MR) is 51.1 cm³/mol. The molecule has 0 amide bonds. The zero-order valence-corrected chi connectivity index (χ0v) is 9.03. The van der Waals surface area contributed by atoms with E-state index in [9.17, 15) is 14.3 Å². The molecule has 0 aromatic rings. The van der Waals surface area contributed by atoms with E-state index >= 15 is 0 Å². The minimum absolute atomic E-state index is 0.104. The maximum atomic E-state index is 13.7. The molecule has 1 fully saturated rings. The molecule has 0 aliphatic heterocycles. The quantitative estimate of drug-likeness (QED) is 0.669. The van der Waals surface area contributed by atoms with Crippen molar-refractivity contribution >= 4 is 5.97 Å². The van der Waals surface area contributed by atoms with Gasteiger partial charge in [0.2, 0.25) is 6.17 Å². The average Bonchev–Trinajstić information content (AvgIpc) is 3.00. The van der Waals surface area contributed by atoms with Crippen LogP contribution in [0.5, 0.6) is 0 Å². The van der Waals surface area contributed by atoms with Crippen molar-refractivity contribution in [2.24, 2.45) is 5.92 Å². The lowest BCUT2D eigenvalue weighted by Crippen LogP contribution is -2.50. The topological polar surface area (TPSA) is 55.8 Å². The van der Waals surface area contributed by atoms with Crippen LogP contribution in [0.2, 0.25) is 0 Å². The number of hydrogen-bond acceptors (Lipinski definition) is 4. The second-order valence-corrected chi connectivity index (χ2v) is 3.81. The van der Waals surface area contributed by atoms with Crippen molar-refractivity contribution in [1.82, 2.24) is 0 Å². The minimum Gasteiger partial charge on any atom is -0.464 e. The predicted octanol–water partition coefficient (Wildman–Crippen LogP) is 0.675. The zero-order chi connectivity index (χ0) is 11.5. The van der Waals surface area contributed by atoms with Crippen molar-refractivity contribution in [1.29, 1.82) is 0 Å². The molecule has 0 radical (unpaired) electrons. The first kappa shape index (κ1) is 12.4. The van der Waals surface area contributed by atoms with E-state index in [1.165, 1.54) is 7.11 Å². The molecule has 2 unspecified atom stereocenters. The van der Waals surface area contributed by atoms with Crippen LogP contribution < -0.4 is 0 Å². The fourth-order valence-electron chi connectivity index (χ4n) is 1.63. The van der Waals surface area contributed by atoms with Gasteiger partial charge in [0.05, 0.1) is 13.2 Å². The van der Waals surface area contributed by atoms with E-state index in [0.717, 1.165) is 12.8 Å². The van der Waals surface area contributed by atoms with E-state index < -0.39 is 17.7 Å². The monoisotopic (exact) mass is 220 g/mol. The van der Waals surface area contributed by atoms with Gasteiger partial charge in [-0.1, -0.05) is 0 Å². The Morgan fingerprint density at radius 3 is 2.67 bits per heavy atom. The van der Waals surface area contributed by atoms with Gasteiger partial charge in [-0.3, -0.25) is 0 Å². The molecule has 0 aromatic heterocycles. The molecule has 4 nitrogen and oxygen atoms in total. The van der Waals surface area contributed by atoms with E-state index in [-0.39, 0.29) is 19.1 Å². The van der Waals surface area contributed by atoms with Gasteiger partial charge in [-0.25, -0.2) is 9.18 Å². The smallest absolute Gasteiger partial charge is 0.343 e. The summed E-state index contributed by atoms with van der Waals surface area (Å²) < 4.78 is 23.0. The number of halogens is 1. The molecule has 1 rings (SSSR count). The molecule has 5 heteroatoms. The molecule has 0 spiro atoms. The van der Waals surface area contributed by atoms with Gasteiger partial charge < -0.3 is 14.6 Å². The SMILES string of the molecule is CCOC(=O)C(F)C(O)(COC)C1CC1. The third-order valence-corrected chi connectivity index (χ3v) is 2.59. The Bertz CT molecular complexity index is 229. The summed E-state index contributed by atoms with van der Waals surface area (Å²) in [6, 6.07) is 0. The first-order chi connectivity index (χ1) is 7.06. The third-order valence-electron chi connectivity index (χ3n) is 2.59. The van der Waals surface area contributed by atoms with Crippen molar-refractivity contribution in [3.05, 3.63) is 0 Å². The number of aliphatic hydroxyl groups is 1. The van der Waals surface area contributed by atoms with Gasteiger partial charge in [0.1, 0.15) is 5.60 Å². The van der Waals surface area contributed by atoms with Crippen LogP contribution in [-0.4, -0.2) is 43.2 Å². The van der Waals surface area contributed by atoms with Gasteiger partial charge in [-0.2, -0.15) is 0 Å². The van der Waals surface area contributed by atoms with E-state index in [2.05, 4.69) is 4.74 Å². The highest BCUT2D eigenvalue weighted by Gasteiger charge is 2.53. The average molecular weight is 220 g/mol. The molecule has 1 saturated carbocycles. The molecule has 0 heterocycles. The Morgan fingerprint density at radius 2 is 2.27 bits per heavy atom. The number of carbonyl (C=O) groups excluding carboxylic acids is 1. The number of esters is 1. The first-order valence-electron chi connectivity index (χ1n) is 5.08. The highest BCUT2D eigenvalue weighted by atomic mass is 19.1. The van der Waals surface area contributed by atoms with Crippen LogP contribution in [0.1, 0.15) is 19.8 Å². The molecule has 0 saturated heterocycles. The molecule has 0 bridgehead atoms. The van der Waals surface area contributed by atoms with Crippen molar-refractivity contribution in [2.75, 3.05) is 20.3 Å². The van der Waals surface area contributed by atoms with Crippen molar-refractivity contribution in [2.45, 2.75) is 31.5 Å². The number of ether oxygens (including phenoxy) is 2. The summed E-state index contributed by atoms with van der Waals surface area (Å²) in [6.07, 6.45) is -0.579. The molecule has 0 aromatic carbocycles. The molecule has 2 atom stereocenters. The first-order valence-corrected chi connectivity index (χ1v) is 5.08. The summed E-state index contributed by atoms with van der Waals surface area (Å²) in [4.78, 5) is 11.2. The van der Waals surface area contributed by atoms with Crippen LogP contribution >= 0.6 is 0 Å². The fraction of sp³-hybridized carbons (Fsp3) is 0.900. The van der Waals surface area contributed by atoms with Crippen molar-refractivity contribution in [3.63, 3.8) is 0 Å². The highest BCUT2D eigenvalue weighted by molar-refractivity contribution is 5.76. The third kappa shape index (κ3) is 2.66. The van der Waals surface area contributed by atoms with Crippen LogP contribution in [0.15, 0.2) is 0 Å². The summed E-state index contributed by atoms with van der Waals surface area (Å²) in [6.45, 7) is 1.52. The standard InChI is InChI=1S/C10H17FO4/c1-3-15-9(12)8(11)10(13,6-14-2)7-4-5-7/h7-8,13H,3-6H2,1-2H3. The zero-order valence-electron chi connectivity index (χ0n) is 9.03. The second kappa shape index (κ2) is 4.90. The number of hydrogen-bond donors (Lipinski definition) is 1. The van der Waals surface area contributed by atoms with Crippen LogP contribution in [0.4, 0.5) is 4.39 Å². The number of methoxy groups -OCH3 is 1. The van der Waals surface area contributed by atoms with Gasteiger partial charge >= 0.3 is 5.97 Å². The minimum atomic E-state index is -2.02.